The van der Waals surface area contributed by atoms with Gasteiger partial charge in [0.25, 0.3) is 0 Å². The molecule has 0 bridgehead atoms. The highest BCUT2D eigenvalue weighted by Crippen LogP contribution is 2.03. The van der Waals surface area contributed by atoms with Gasteiger partial charge in [0.15, 0.2) is 6.10 Å². The highest BCUT2D eigenvalue weighted by molar-refractivity contribution is 5.71. The Labute approximate surface area is 65.8 Å². The molecule has 11 heavy (non-hydrogen) atoms. The van der Waals surface area contributed by atoms with Crippen LogP contribution in [0.1, 0.15) is 20.8 Å². The number of hydrogen-bond donors (Lipinski definition) is 2. The van der Waals surface area contributed by atoms with Crippen LogP contribution in [0.5, 0.6) is 0 Å². The Kier molecular flexibility index (Phi) is 3.48. The van der Waals surface area contributed by atoms with Crippen molar-refractivity contribution in [3.8, 4) is 0 Å². The fourth-order valence-electron chi connectivity index (χ4n) is 0.400. The van der Waals surface area contributed by atoms with Crippen LogP contribution in [-0.4, -0.2) is 34.5 Å². The van der Waals surface area contributed by atoms with E-state index in [4.69, 9.17) is 14.9 Å². The monoisotopic (exact) mass is 162 g/mol. The lowest BCUT2D eigenvalue weighted by Crippen LogP contribution is -2.31. The van der Waals surface area contributed by atoms with E-state index in [1.807, 2.05) is 0 Å². The van der Waals surface area contributed by atoms with Crippen LogP contribution in [0.4, 0.5) is 0 Å². The van der Waals surface area contributed by atoms with Crippen LogP contribution in [-0.2, 0) is 9.53 Å². The van der Waals surface area contributed by atoms with Crippen LogP contribution < -0.4 is 0 Å². The molecule has 0 heterocycles. The molecule has 0 rings (SSSR count). The zero-order valence-electron chi connectivity index (χ0n) is 7.00. The molecule has 0 aliphatic carbocycles. The summed E-state index contributed by atoms with van der Waals surface area (Å²) in [6.07, 6.45) is -0.860. The number of aliphatic carboxylic acids is 1. The third kappa shape index (κ3) is 5.82. The molecular formula is C7H14O4. The summed E-state index contributed by atoms with van der Waals surface area (Å²) in [5, 5.41) is 17.5. The number of aliphatic hydroxyl groups is 1. The average Bonchev–Trinajstić information content (AvgIpc) is 1.80. The third-order valence-corrected chi connectivity index (χ3v) is 1.03. The van der Waals surface area contributed by atoms with Crippen LogP contribution in [0.2, 0.25) is 0 Å². The van der Waals surface area contributed by atoms with Gasteiger partial charge in [-0.2, -0.15) is 0 Å². The van der Waals surface area contributed by atoms with Crippen molar-refractivity contribution in [3.05, 3.63) is 0 Å². The van der Waals surface area contributed by atoms with Crippen molar-refractivity contribution in [2.45, 2.75) is 32.5 Å². The maximum Gasteiger partial charge on any atom is 0.332 e. The second-order valence-electron chi connectivity index (χ2n) is 3.10. The molecule has 0 saturated carbocycles. The molecule has 4 nitrogen and oxygen atoms in total. The second-order valence-corrected chi connectivity index (χ2v) is 3.10. The molecule has 0 aliphatic rings. The zero-order chi connectivity index (χ0) is 9.07. The lowest BCUT2D eigenvalue weighted by atomic mass is 10.2. The summed E-state index contributed by atoms with van der Waals surface area (Å²) in [6.45, 7) is 4.57. The summed E-state index contributed by atoms with van der Waals surface area (Å²) < 4.78 is 4.82. The van der Waals surface area contributed by atoms with Crippen molar-refractivity contribution in [2.75, 3.05) is 6.61 Å². The molecule has 0 spiro atoms. The quantitative estimate of drug-likeness (QED) is 0.621. The van der Waals surface area contributed by atoms with Gasteiger partial charge in [0.2, 0.25) is 0 Å². The van der Waals surface area contributed by atoms with Gasteiger partial charge in [-0.15, -0.1) is 0 Å². The molecule has 0 aromatic carbocycles. The maximum absolute atomic E-state index is 10.2. The van der Waals surface area contributed by atoms with Crippen molar-refractivity contribution < 1.29 is 19.7 Å². The molecular weight excluding hydrogens is 148 g/mol. The topological polar surface area (TPSA) is 66.8 Å². The lowest BCUT2D eigenvalue weighted by Gasteiger charge is -2.18. The first-order valence-electron chi connectivity index (χ1n) is 3.40. The van der Waals surface area contributed by atoms with Crippen LogP contribution in [0.15, 0.2) is 0 Å². The van der Waals surface area contributed by atoms with Gasteiger partial charge in [-0.25, -0.2) is 4.79 Å². The summed E-state index contributed by atoms with van der Waals surface area (Å²) in [5.41, 5.74) is -0.969. The SMILES string of the molecule is CC(OCC(C)(C)O)C(=O)O. The van der Waals surface area contributed by atoms with E-state index >= 15 is 0 Å². The maximum atomic E-state index is 10.2. The summed E-state index contributed by atoms with van der Waals surface area (Å²) >= 11 is 0. The predicted molar refractivity (Wildman–Crippen MR) is 39.3 cm³/mol. The Hall–Kier alpha value is -0.610. The first kappa shape index (κ1) is 10.4. The number of carboxylic acids is 1. The van der Waals surface area contributed by atoms with E-state index in [-0.39, 0.29) is 6.61 Å². The number of rotatable bonds is 4. The summed E-state index contributed by atoms with van der Waals surface area (Å²) in [5.74, 6) is -1.02. The minimum absolute atomic E-state index is 0.0282. The summed E-state index contributed by atoms with van der Waals surface area (Å²) in [4.78, 5) is 10.2. The Morgan fingerprint density at radius 1 is 1.64 bits per heavy atom. The molecule has 2 N–H and O–H groups in total. The van der Waals surface area contributed by atoms with Crippen molar-refractivity contribution in [1.29, 1.82) is 0 Å². The van der Waals surface area contributed by atoms with Crippen molar-refractivity contribution in [1.82, 2.24) is 0 Å². The van der Waals surface area contributed by atoms with Gasteiger partial charge in [0.1, 0.15) is 0 Å². The fraction of sp³-hybridized carbons (Fsp3) is 0.857. The van der Waals surface area contributed by atoms with E-state index in [9.17, 15) is 4.79 Å². The predicted octanol–water partition coefficient (Wildman–Crippen LogP) is 0.247. The molecule has 1 unspecified atom stereocenters. The van der Waals surface area contributed by atoms with Crippen molar-refractivity contribution >= 4 is 5.97 Å². The molecule has 1 atom stereocenters. The molecule has 66 valence electrons. The van der Waals surface area contributed by atoms with Gasteiger partial charge in [-0.05, 0) is 20.8 Å². The van der Waals surface area contributed by atoms with Crippen LogP contribution >= 0.6 is 0 Å². The summed E-state index contributed by atoms with van der Waals surface area (Å²) in [7, 11) is 0. The van der Waals surface area contributed by atoms with Crippen molar-refractivity contribution in [3.63, 3.8) is 0 Å². The Balaban J connectivity index is 3.63. The molecule has 0 aromatic heterocycles. The molecule has 0 aromatic rings. The molecule has 0 saturated heterocycles. The number of carbonyl (C=O) groups is 1. The van der Waals surface area contributed by atoms with E-state index in [1.54, 1.807) is 13.8 Å². The third-order valence-electron chi connectivity index (χ3n) is 1.03. The molecule has 0 fully saturated rings. The molecule has 4 heteroatoms. The van der Waals surface area contributed by atoms with Crippen LogP contribution in [0.3, 0.4) is 0 Å². The van der Waals surface area contributed by atoms with E-state index in [1.165, 1.54) is 6.92 Å². The first-order valence-corrected chi connectivity index (χ1v) is 3.40. The summed E-state index contributed by atoms with van der Waals surface area (Å²) in [6, 6.07) is 0. The minimum Gasteiger partial charge on any atom is -0.479 e. The van der Waals surface area contributed by atoms with Crippen LogP contribution in [0, 0.1) is 0 Å². The average molecular weight is 162 g/mol. The van der Waals surface area contributed by atoms with Gasteiger partial charge < -0.3 is 14.9 Å². The lowest BCUT2D eigenvalue weighted by molar-refractivity contribution is -0.152. The number of hydrogen-bond acceptors (Lipinski definition) is 3. The highest BCUT2D eigenvalue weighted by Gasteiger charge is 2.17. The Morgan fingerprint density at radius 2 is 2.09 bits per heavy atom. The Morgan fingerprint density at radius 3 is 2.36 bits per heavy atom. The van der Waals surface area contributed by atoms with Gasteiger partial charge >= 0.3 is 5.97 Å². The van der Waals surface area contributed by atoms with Gasteiger partial charge in [-0.1, -0.05) is 0 Å². The van der Waals surface area contributed by atoms with E-state index in [0.717, 1.165) is 0 Å². The van der Waals surface area contributed by atoms with Gasteiger partial charge in [0.05, 0.1) is 12.2 Å². The van der Waals surface area contributed by atoms with Gasteiger partial charge in [-0.3, -0.25) is 0 Å². The van der Waals surface area contributed by atoms with Crippen molar-refractivity contribution in [2.24, 2.45) is 0 Å². The molecule has 0 radical (unpaired) electrons. The van der Waals surface area contributed by atoms with Crippen LogP contribution in [0.25, 0.3) is 0 Å². The molecule has 0 amide bonds. The Bertz CT molecular complexity index is 136. The fourth-order valence-corrected chi connectivity index (χ4v) is 0.400. The number of ether oxygens (including phenoxy) is 1. The standard InChI is InChI=1S/C7H14O4/c1-5(6(8)9)11-4-7(2,3)10/h5,10H,4H2,1-3H3,(H,8,9). The largest absolute Gasteiger partial charge is 0.479 e. The van der Waals surface area contributed by atoms with E-state index in [2.05, 4.69) is 0 Å². The number of carboxylic acid groups (broad SMARTS) is 1. The van der Waals surface area contributed by atoms with E-state index in [0.29, 0.717) is 0 Å². The van der Waals surface area contributed by atoms with E-state index < -0.39 is 17.7 Å². The second kappa shape index (κ2) is 3.69. The smallest absolute Gasteiger partial charge is 0.332 e. The first-order chi connectivity index (χ1) is 4.83. The van der Waals surface area contributed by atoms with Gasteiger partial charge in [0, 0.05) is 0 Å². The normalized spacial score (nSPS) is 14.5. The minimum atomic E-state index is -1.02. The highest BCUT2D eigenvalue weighted by atomic mass is 16.5. The zero-order valence-corrected chi connectivity index (χ0v) is 7.00. The molecule has 0 aliphatic heterocycles.